The lowest BCUT2D eigenvalue weighted by Crippen LogP contribution is -2.41. The molecule has 4 aromatic rings. The Bertz CT molecular complexity index is 1510. The molecule has 0 unspecified atom stereocenters. The molecule has 6 nitrogen and oxygen atoms in total. The predicted octanol–water partition coefficient (Wildman–Crippen LogP) is 5.31. The lowest BCUT2D eigenvalue weighted by Gasteiger charge is -2.45. The third-order valence-electron chi connectivity index (χ3n) is 8.06. The number of anilines is 1. The molecule has 6 heteroatoms. The third-order valence-corrected chi connectivity index (χ3v) is 8.06. The maximum Gasteiger partial charge on any atom is 0.343 e. The number of benzene rings is 4. The number of hydrogen-bond donors (Lipinski definition) is 0. The van der Waals surface area contributed by atoms with Crippen molar-refractivity contribution < 1.29 is 23.9 Å². The highest BCUT2D eigenvalue weighted by Crippen LogP contribution is 2.61. The smallest absolute Gasteiger partial charge is 0.343 e. The standard InChI is InChI=1S/C32H23NO5/c1-37-20-13-15-21(16-14-20)38-32(36)18-7-6-8-19(17-18)33-30(34)28-26-22-9-2-3-10-23(22)27(29(28)31(33)35)25-12-5-4-11-24(25)26/h2-17,26-29H,1H3/t26?,27?,28-,29-/m0/s1. The van der Waals surface area contributed by atoms with Crippen molar-refractivity contribution in [3.8, 4) is 11.5 Å². The van der Waals surface area contributed by atoms with Gasteiger partial charge in [-0.3, -0.25) is 9.59 Å². The minimum Gasteiger partial charge on any atom is -0.497 e. The van der Waals surface area contributed by atoms with E-state index < -0.39 is 17.8 Å². The second-order valence-electron chi connectivity index (χ2n) is 9.89. The van der Waals surface area contributed by atoms with E-state index in [1.54, 1.807) is 55.6 Å². The van der Waals surface area contributed by atoms with Crippen LogP contribution in [0.15, 0.2) is 97.1 Å². The molecule has 8 rings (SSSR count). The molecular formula is C32H23NO5. The Morgan fingerprint density at radius 3 is 1.66 bits per heavy atom. The average Bonchev–Trinajstić information content (AvgIpc) is 3.23. The SMILES string of the molecule is COc1ccc(OC(=O)c2cccc(N3C(=O)[C@H]4C5c6ccccc6C(c6ccccc65)[C@@H]4C3=O)c2)cc1. The average molecular weight is 502 g/mol. The fourth-order valence-corrected chi connectivity index (χ4v) is 6.51. The van der Waals surface area contributed by atoms with Gasteiger partial charge >= 0.3 is 5.97 Å². The number of imide groups is 1. The first-order valence-corrected chi connectivity index (χ1v) is 12.6. The number of carbonyl (C=O) groups excluding carboxylic acids is 3. The number of amides is 2. The molecule has 38 heavy (non-hydrogen) atoms. The lowest BCUT2D eigenvalue weighted by atomic mass is 9.55. The van der Waals surface area contributed by atoms with Crippen molar-refractivity contribution in [2.75, 3.05) is 12.0 Å². The number of hydrogen-bond acceptors (Lipinski definition) is 5. The molecule has 4 aromatic carbocycles. The summed E-state index contributed by atoms with van der Waals surface area (Å²) in [7, 11) is 1.56. The normalized spacial score (nSPS) is 22.5. The molecule has 1 aliphatic heterocycles. The van der Waals surface area contributed by atoms with Crippen LogP contribution in [-0.2, 0) is 9.59 Å². The van der Waals surface area contributed by atoms with E-state index in [0.717, 1.165) is 22.3 Å². The number of nitrogens with zero attached hydrogens (tertiary/aromatic N) is 1. The Kier molecular flexibility index (Phi) is 4.98. The summed E-state index contributed by atoms with van der Waals surface area (Å²) >= 11 is 0. The number of esters is 1. The number of carbonyl (C=O) groups is 3. The zero-order chi connectivity index (χ0) is 26.0. The molecule has 0 aromatic heterocycles. The fraction of sp³-hybridized carbons (Fsp3) is 0.156. The van der Waals surface area contributed by atoms with E-state index in [-0.39, 0.29) is 29.2 Å². The molecule has 186 valence electrons. The van der Waals surface area contributed by atoms with E-state index in [0.29, 0.717) is 17.2 Å². The summed E-state index contributed by atoms with van der Waals surface area (Å²) in [6.07, 6.45) is 0. The van der Waals surface area contributed by atoms with E-state index in [2.05, 4.69) is 24.3 Å². The quantitative estimate of drug-likeness (QED) is 0.215. The van der Waals surface area contributed by atoms with Crippen LogP contribution in [-0.4, -0.2) is 24.9 Å². The molecule has 0 spiro atoms. The second-order valence-corrected chi connectivity index (χ2v) is 9.89. The van der Waals surface area contributed by atoms with Gasteiger partial charge in [0.05, 0.1) is 30.2 Å². The zero-order valence-electron chi connectivity index (χ0n) is 20.5. The van der Waals surface area contributed by atoms with Gasteiger partial charge in [-0.1, -0.05) is 54.6 Å². The van der Waals surface area contributed by atoms with Gasteiger partial charge in [0.2, 0.25) is 11.8 Å². The van der Waals surface area contributed by atoms with Gasteiger partial charge in [0.25, 0.3) is 0 Å². The van der Waals surface area contributed by atoms with Crippen molar-refractivity contribution in [3.63, 3.8) is 0 Å². The molecule has 1 saturated heterocycles. The number of methoxy groups -OCH3 is 1. The van der Waals surface area contributed by atoms with Gasteiger partial charge in [-0.2, -0.15) is 0 Å². The van der Waals surface area contributed by atoms with Crippen LogP contribution in [0.3, 0.4) is 0 Å². The first kappa shape index (κ1) is 22.5. The van der Waals surface area contributed by atoms with Gasteiger partial charge in [0, 0.05) is 11.8 Å². The summed E-state index contributed by atoms with van der Waals surface area (Å²) in [6, 6.07) is 29.5. The Morgan fingerprint density at radius 1 is 0.658 bits per heavy atom. The van der Waals surface area contributed by atoms with Crippen LogP contribution in [0.5, 0.6) is 11.5 Å². The topological polar surface area (TPSA) is 72.9 Å². The third kappa shape index (κ3) is 3.16. The maximum absolute atomic E-state index is 14.0. The minimum absolute atomic E-state index is 0.179. The largest absolute Gasteiger partial charge is 0.497 e. The molecule has 3 aliphatic carbocycles. The number of rotatable bonds is 4. The Morgan fingerprint density at radius 2 is 1.16 bits per heavy atom. The van der Waals surface area contributed by atoms with Crippen LogP contribution in [0.2, 0.25) is 0 Å². The highest BCUT2D eigenvalue weighted by molar-refractivity contribution is 6.23. The van der Waals surface area contributed by atoms with Crippen LogP contribution in [0.1, 0.15) is 44.4 Å². The van der Waals surface area contributed by atoms with Gasteiger partial charge in [-0.25, -0.2) is 9.69 Å². The maximum atomic E-state index is 14.0. The second kappa shape index (κ2) is 8.42. The molecule has 4 aliphatic rings. The minimum atomic E-state index is -0.576. The van der Waals surface area contributed by atoms with Gasteiger partial charge < -0.3 is 9.47 Å². The van der Waals surface area contributed by atoms with Crippen molar-refractivity contribution in [1.29, 1.82) is 0 Å². The van der Waals surface area contributed by atoms with Crippen LogP contribution in [0.4, 0.5) is 5.69 Å². The van der Waals surface area contributed by atoms with Crippen LogP contribution >= 0.6 is 0 Å². The zero-order valence-corrected chi connectivity index (χ0v) is 20.5. The molecule has 2 bridgehead atoms. The first-order valence-electron chi connectivity index (χ1n) is 12.6. The molecule has 0 radical (unpaired) electrons. The van der Waals surface area contributed by atoms with Crippen LogP contribution < -0.4 is 14.4 Å². The summed E-state index contributed by atoms with van der Waals surface area (Å²) in [5.41, 5.74) is 5.12. The molecule has 0 N–H and O–H groups in total. The monoisotopic (exact) mass is 501 g/mol. The van der Waals surface area contributed by atoms with Crippen molar-refractivity contribution in [1.82, 2.24) is 0 Å². The van der Waals surface area contributed by atoms with Gasteiger partial charge in [-0.15, -0.1) is 0 Å². The fourth-order valence-electron chi connectivity index (χ4n) is 6.51. The highest BCUT2D eigenvalue weighted by Gasteiger charge is 2.61. The van der Waals surface area contributed by atoms with E-state index >= 15 is 0 Å². The van der Waals surface area contributed by atoms with E-state index in [1.165, 1.54) is 4.90 Å². The summed E-state index contributed by atoms with van der Waals surface area (Å²) in [4.78, 5) is 42.1. The highest BCUT2D eigenvalue weighted by atomic mass is 16.5. The molecule has 0 saturated carbocycles. The Balaban J connectivity index is 1.24. The molecule has 2 amide bonds. The van der Waals surface area contributed by atoms with E-state index in [9.17, 15) is 14.4 Å². The molecule has 1 fully saturated rings. The lowest BCUT2D eigenvalue weighted by molar-refractivity contribution is -0.122. The van der Waals surface area contributed by atoms with E-state index in [4.69, 9.17) is 9.47 Å². The molecule has 1 heterocycles. The molecule has 2 atom stereocenters. The van der Waals surface area contributed by atoms with Gasteiger partial charge in [0.1, 0.15) is 11.5 Å². The molecular weight excluding hydrogens is 478 g/mol. The first-order chi connectivity index (χ1) is 18.6. The van der Waals surface area contributed by atoms with Crippen molar-refractivity contribution in [3.05, 3.63) is 125 Å². The summed E-state index contributed by atoms with van der Waals surface area (Å²) < 4.78 is 10.7. The summed E-state index contributed by atoms with van der Waals surface area (Å²) in [6.45, 7) is 0. The van der Waals surface area contributed by atoms with E-state index in [1.807, 2.05) is 24.3 Å². The van der Waals surface area contributed by atoms with Crippen LogP contribution in [0.25, 0.3) is 0 Å². The van der Waals surface area contributed by atoms with Crippen molar-refractivity contribution in [2.24, 2.45) is 11.8 Å². The predicted molar refractivity (Wildman–Crippen MR) is 140 cm³/mol. The van der Waals surface area contributed by atoms with Gasteiger partial charge in [-0.05, 0) is 64.7 Å². The van der Waals surface area contributed by atoms with Crippen molar-refractivity contribution in [2.45, 2.75) is 11.8 Å². The Hall–Kier alpha value is -4.71. The van der Waals surface area contributed by atoms with Gasteiger partial charge in [0.15, 0.2) is 0 Å². The van der Waals surface area contributed by atoms with Crippen LogP contribution in [0, 0.1) is 11.8 Å². The van der Waals surface area contributed by atoms with Crippen molar-refractivity contribution >= 4 is 23.5 Å². The Labute approximate surface area is 219 Å². The summed E-state index contributed by atoms with van der Waals surface area (Å²) in [5, 5.41) is 0. The summed E-state index contributed by atoms with van der Waals surface area (Å²) in [5.74, 6) is -1.32. The number of ether oxygens (including phenoxy) is 2.